The number of benzene rings is 2. The molecule has 106 valence electrons. The van der Waals surface area contributed by atoms with Crippen LogP contribution in [0.25, 0.3) is 10.9 Å². The van der Waals surface area contributed by atoms with E-state index in [0.29, 0.717) is 0 Å². The third-order valence-electron chi connectivity index (χ3n) is 3.87. The van der Waals surface area contributed by atoms with Crippen molar-refractivity contribution in [3.05, 3.63) is 59.3 Å². The summed E-state index contributed by atoms with van der Waals surface area (Å²) >= 11 is 0. The molecule has 0 aliphatic heterocycles. The van der Waals surface area contributed by atoms with E-state index in [0.717, 1.165) is 33.3 Å². The second-order valence-corrected chi connectivity index (χ2v) is 5.24. The molecule has 3 rings (SSSR count). The quantitative estimate of drug-likeness (QED) is 0.730. The molecule has 0 unspecified atom stereocenters. The minimum atomic E-state index is -0.246. The molecule has 0 spiro atoms. The average molecular weight is 279 g/mol. The van der Waals surface area contributed by atoms with Crippen LogP contribution in [0.5, 0.6) is 0 Å². The van der Waals surface area contributed by atoms with Gasteiger partial charge in [0.1, 0.15) is 0 Å². The van der Waals surface area contributed by atoms with Crippen molar-refractivity contribution in [3.63, 3.8) is 0 Å². The number of nitrogens with zero attached hydrogens (tertiary/aromatic N) is 2. The molecule has 1 aromatic heterocycles. The van der Waals surface area contributed by atoms with Crippen LogP contribution in [0.15, 0.2) is 42.6 Å². The molecule has 0 aliphatic rings. The lowest BCUT2D eigenvalue weighted by Crippen LogP contribution is -2.21. The average Bonchev–Trinajstić information content (AvgIpc) is 2.89. The van der Waals surface area contributed by atoms with Crippen molar-refractivity contribution in [3.8, 4) is 0 Å². The maximum atomic E-state index is 12.5. The van der Waals surface area contributed by atoms with Gasteiger partial charge < -0.3 is 5.32 Å². The number of carbonyl (C=O) groups is 1. The van der Waals surface area contributed by atoms with Crippen LogP contribution < -0.4 is 5.32 Å². The summed E-state index contributed by atoms with van der Waals surface area (Å²) in [6, 6.07) is 11.5. The Hall–Kier alpha value is -2.62. The van der Waals surface area contributed by atoms with Crippen LogP contribution in [0, 0.1) is 20.8 Å². The summed E-state index contributed by atoms with van der Waals surface area (Å²) in [6.07, 6.45) is 1.73. The third-order valence-corrected chi connectivity index (χ3v) is 3.87. The van der Waals surface area contributed by atoms with Gasteiger partial charge in [0, 0.05) is 11.1 Å². The van der Waals surface area contributed by atoms with Gasteiger partial charge in [-0.2, -0.15) is 9.78 Å². The van der Waals surface area contributed by atoms with Gasteiger partial charge in [-0.15, -0.1) is 0 Å². The molecule has 21 heavy (non-hydrogen) atoms. The number of fused-ring (bicyclic) bond motifs is 1. The first-order chi connectivity index (χ1) is 10.1. The van der Waals surface area contributed by atoms with E-state index in [1.54, 1.807) is 6.20 Å². The minimum Gasteiger partial charge on any atom is -0.306 e. The summed E-state index contributed by atoms with van der Waals surface area (Å²) in [5.41, 5.74) is 4.96. The summed E-state index contributed by atoms with van der Waals surface area (Å²) in [5.74, 6) is 0. The van der Waals surface area contributed by atoms with Gasteiger partial charge in [0.25, 0.3) is 0 Å². The van der Waals surface area contributed by atoms with Gasteiger partial charge in [0.2, 0.25) is 0 Å². The van der Waals surface area contributed by atoms with E-state index >= 15 is 0 Å². The second-order valence-electron chi connectivity index (χ2n) is 5.24. The van der Waals surface area contributed by atoms with E-state index in [4.69, 9.17) is 0 Å². The Balaban J connectivity index is 1.98. The number of amides is 1. The van der Waals surface area contributed by atoms with Crippen LogP contribution in [-0.4, -0.2) is 15.8 Å². The lowest BCUT2D eigenvalue weighted by atomic mass is 10.1. The second kappa shape index (κ2) is 5.05. The lowest BCUT2D eigenvalue weighted by molar-refractivity contribution is 0.252. The third kappa shape index (κ3) is 2.29. The highest BCUT2D eigenvalue weighted by Gasteiger charge is 2.12. The number of aromatic nitrogens is 2. The number of aryl methyl sites for hydroxylation is 2. The first kappa shape index (κ1) is 13.4. The lowest BCUT2D eigenvalue weighted by Gasteiger charge is -2.10. The molecule has 0 saturated heterocycles. The van der Waals surface area contributed by atoms with Crippen molar-refractivity contribution in [1.29, 1.82) is 0 Å². The van der Waals surface area contributed by atoms with Gasteiger partial charge in [-0.25, -0.2) is 4.79 Å². The smallest absolute Gasteiger partial charge is 0.306 e. The molecule has 0 aliphatic carbocycles. The Kier molecular flexibility index (Phi) is 3.22. The first-order valence-electron chi connectivity index (χ1n) is 6.89. The monoisotopic (exact) mass is 279 g/mol. The fourth-order valence-electron chi connectivity index (χ4n) is 2.41. The van der Waals surface area contributed by atoms with Crippen molar-refractivity contribution in [2.45, 2.75) is 20.8 Å². The zero-order valence-corrected chi connectivity index (χ0v) is 12.3. The molecule has 4 nitrogen and oxygen atoms in total. The summed E-state index contributed by atoms with van der Waals surface area (Å²) < 4.78 is 1.41. The van der Waals surface area contributed by atoms with Crippen LogP contribution in [0.3, 0.4) is 0 Å². The minimum absolute atomic E-state index is 0.246. The molecule has 0 atom stereocenters. The van der Waals surface area contributed by atoms with Gasteiger partial charge in [0.15, 0.2) is 0 Å². The molecular weight excluding hydrogens is 262 g/mol. The highest BCUT2D eigenvalue weighted by Crippen LogP contribution is 2.20. The Morgan fingerprint density at radius 2 is 1.76 bits per heavy atom. The Morgan fingerprint density at radius 3 is 2.57 bits per heavy atom. The predicted octanol–water partition coefficient (Wildman–Crippen LogP) is 4.04. The van der Waals surface area contributed by atoms with Crippen LogP contribution >= 0.6 is 0 Å². The number of anilines is 1. The molecule has 0 radical (unpaired) electrons. The van der Waals surface area contributed by atoms with Crippen LogP contribution in [0.4, 0.5) is 10.5 Å². The number of hydrogen-bond donors (Lipinski definition) is 1. The van der Waals surface area contributed by atoms with Gasteiger partial charge in [0.05, 0.1) is 11.7 Å². The van der Waals surface area contributed by atoms with Crippen molar-refractivity contribution >= 4 is 22.6 Å². The van der Waals surface area contributed by atoms with Crippen LogP contribution in [0.1, 0.15) is 16.7 Å². The van der Waals surface area contributed by atoms with Gasteiger partial charge in [-0.3, -0.25) is 0 Å². The molecule has 4 heteroatoms. The number of carbonyl (C=O) groups excluding carboxylic acids is 1. The molecule has 1 amide bonds. The maximum Gasteiger partial charge on any atom is 0.347 e. The molecule has 2 aromatic carbocycles. The fraction of sp³-hybridized carbons (Fsp3) is 0.176. The van der Waals surface area contributed by atoms with E-state index in [2.05, 4.69) is 10.4 Å². The maximum absolute atomic E-state index is 12.5. The van der Waals surface area contributed by atoms with Crippen molar-refractivity contribution in [1.82, 2.24) is 9.78 Å². The van der Waals surface area contributed by atoms with Crippen molar-refractivity contribution in [2.75, 3.05) is 5.32 Å². The Bertz CT molecular complexity index is 833. The zero-order valence-electron chi connectivity index (χ0n) is 12.3. The molecule has 0 fully saturated rings. The molecular formula is C17H17N3O. The number of hydrogen-bond acceptors (Lipinski definition) is 2. The first-order valence-corrected chi connectivity index (χ1v) is 6.89. The van der Waals surface area contributed by atoms with E-state index < -0.39 is 0 Å². The highest BCUT2D eigenvalue weighted by atomic mass is 16.2. The molecule has 1 heterocycles. The summed E-state index contributed by atoms with van der Waals surface area (Å²) in [7, 11) is 0. The predicted molar refractivity (Wildman–Crippen MR) is 84.8 cm³/mol. The van der Waals surface area contributed by atoms with Crippen LogP contribution in [0.2, 0.25) is 0 Å². The number of nitrogens with one attached hydrogen (secondary N) is 1. The van der Waals surface area contributed by atoms with Gasteiger partial charge in [-0.1, -0.05) is 24.3 Å². The van der Waals surface area contributed by atoms with E-state index in [9.17, 15) is 4.79 Å². The van der Waals surface area contributed by atoms with E-state index in [1.165, 1.54) is 4.68 Å². The summed E-state index contributed by atoms with van der Waals surface area (Å²) in [4.78, 5) is 12.5. The largest absolute Gasteiger partial charge is 0.347 e. The summed E-state index contributed by atoms with van der Waals surface area (Å²) in [5, 5.41) is 8.13. The Morgan fingerprint density at radius 1 is 1.05 bits per heavy atom. The van der Waals surface area contributed by atoms with Crippen molar-refractivity contribution < 1.29 is 4.79 Å². The topological polar surface area (TPSA) is 46.9 Å². The zero-order chi connectivity index (χ0) is 15.0. The van der Waals surface area contributed by atoms with Gasteiger partial charge >= 0.3 is 6.03 Å². The molecule has 3 aromatic rings. The van der Waals surface area contributed by atoms with E-state index in [1.807, 2.05) is 57.2 Å². The molecule has 0 saturated carbocycles. The molecule has 0 bridgehead atoms. The van der Waals surface area contributed by atoms with Gasteiger partial charge in [-0.05, 0) is 49.6 Å². The normalized spacial score (nSPS) is 10.8. The van der Waals surface area contributed by atoms with Crippen LogP contribution in [-0.2, 0) is 0 Å². The highest BCUT2D eigenvalue weighted by molar-refractivity contribution is 5.98. The summed E-state index contributed by atoms with van der Waals surface area (Å²) in [6.45, 7) is 6.03. The fourth-order valence-corrected chi connectivity index (χ4v) is 2.41. The van der Waals surface area contributed by atoms with E-state index in [-0.39, 0.29) is 6.03 Å². The van der Waals surface area contributed by atoms with Crippen molar-refractivity contribution in [2.24, 2.45) is 0 Å². The standard InChI is InChI=1S/C17H17N3O/c1-11-6-4-8-15(13(11)3)19-17(21)20-16-9-5-7-12(2)14(16)10-18-20/h4-10H,1-3H3,(H,19,21). The number of rotatable bonds is 1. The SMILES string of the molecule is Cc1cccc(NC(=O)n2ncc3c(C)cccc32)c1C. The molecule has 1 N–H and O–H groups in total. The Labute approximate surface area is 123 Å².